The number of carbonyl (C=O) groups is 1. The van der Waals surface area contributed by atoms with Crippen molar-refractivity contribution in [3.8, 4) is 22.6 Å². The van der Waals surface area contributed by atoms with Crippen LogP contribution in [0.3, 0.4) is 0 Å². The first-order valence-corrected chi connectivity index (χ1v) is 11.4. The lowest BCUT2D eigenvalue weighted by Crippen LogP contribution is -2.23. The number of rotatable bonds is 11. The largest absolute Gasteiger partial charge is 0.496 e. The summed E-state index contributed by atoms with van der Waals surface area (Å²) >= 11 is 0. The van der Waals surface area contributed by atoms with Gasteiger partial charge in [-0.05, 0) is 51.8 Å². The van der Waals surface area contributed by atoms with Crippen molar-refractivity contribution in [1.82, 2.24) is 5.32 Å². The minimum absolute atomic E-state index is 0.138. The van der Waals surface area contributed by atoms with Crippen molar-refractivity contribution in [2.75, 3.05) is 33.5 Å². The molecule has 6 nitrogen and oxygen atoms in total. The Labute approximate surface area is 195 Å². The number of nitrogens with one attached hydrogen (secondary N) is 1. The second-order valence-electron chi connectivity index (χ2n) is 7.71. The van der Waals surface area contributed by atoms with Gasteiger partial charge in [0.15, 0.2) is 0 Å². The molecule has 176 valence electrons. The quantitative estimate of drug-likeness (QED) is 0.296. The van der Waals surface area contributed by atoms with Gasteiger partial charge in [0.1, 0.15) is 17.1 Å². The Morgan fingerprint density at radius 3 is 2.67 bits per heavy atom. The molecule has 1 aromatic heterocycles. The molecule has 0 aliphatic heterocycles. The van der Waals surface area contributed by atoms with E-state index in [0.29, 0.717) is 26.4 Å². The predicted octanol–water partition coefficient (Wildman–Crippen LogP) is 5.76. The summed E-state index contributed by atoms with van der Waals surface area (Å²) in [5.41, 5.74) is 5.22. The second-order valence-corrected chi connectivity index (χ2v) is 7.71. The van der Waals surface area contributed by atoms with Gasteiger partial charge in [-0.25, -0.2) is 0 Å². The molecule has 6 heteroatoms. The van der Waals surface area contributed by atoms with Gasteiger partial charge in [-0.15, -0.1) is 0 Å². The third kappa shape index (κ3) is 5.57. The lowest BCUT2D eigenvalue weighted by atomic mass is 9.96. The molecule has 0 aliphatic rings. The van der Waals surface area contributed by atoms with E-state index in [4.69, 9.17) is 18.6 Å². The summed E-state index contributed by atoms with van der Waals surface area (Å²) < 4.78 is 22.8. The molecule has 1 heterocycles. The van der Waals surface area contributed by atoms with Crippen molar-refractivity contribution in [2.45, 2.75) is 34.1 Å². The van der Waals surface area contributed by atoms with Gasteiger partial charge < -0.3 is 23.9 Å². The van der Waals surface area contributed by atoms with Gasteiger partial charge in [0.25, 0.3) is 0 Å². The SMILES string of the molecule is CCOCCCNC(=O)/C=C(\C)c1cc2c(-c3ccccc3OC)coc2c(C)c1OCC. The third-order valence-corrected chi connectivity index (χ3v) is 5.47. The van der Waals surface area contributed by atoms with Gasteiger partial charge in [0.05, 0.1) is 20.0 Å². The van der Waals surface area contributed by atoms with Gasteiger partial charge in [-0.3, -0.25) is 4.79 Å². The van der Waals surface area contributed by atoms with Gasteiger partial charge in [-0.2, -0.15) is 0 Å². The minimum atomic E-state index is -0.138. The molecular formula is C27H33NO5. The second kappa shape index (κ2) is 11.6. The van der Waals surface area contributed by atoms with Crippen LogP contribution in [0.5, 0.6) is 11.5 Å². The molecule has 2 aromatic carbocycles. The fraction of sp³-hybridized carbons (Fsp3) is 0.370. The maximum atomic E-state index is 12.5. The van der Waals surface area contributed by atoms with E-state index in [0.717, 1.165) is 56.7 Å². The van der Waals surface area contributed by atoms with Crippen molar-refractivity contribution in [2.24, 2.45) is 0 Å². The van der Waals surface area contributed by atoms with Crippen LogP contribution in [-0.4, -0.2) is 39.4 Å². The number of para-hydroxylation sites is 1. The van der Waals surface area contributed by atoms with Gasteiger partial charge in [0.2, 0.25) is 5.91 Å². The predicted molar refractivity (Wildman–Crippen MR) is 132 cm³/mol. The van der Waals surface area contributed by atoms with Crippen LogP contribution in [0.25, 0.3) is 27.7 Å². The number of ether oxygens (including phenoxy) is 3. The molecule has 0 spiro atoms. The summed E-state index contributed by atoms with van der Waals surface area (Å²) in [6.07, 6.45) is 4.14. The number of benzene rings is 2. The molecule has 3 rings (SSSR count). The zero-order valence-corrected chi connectivity index (χ0v) is 20.1. The summed E-state index contributed by atoms with van der Waals surface area (Å²) in [6, 6.07) is 9.88. The highest BCUT2D eigenvalue weighted by atomic mass is 16.5. The molecule has 3 aromatic rings. The number of hydrogen-bond donors (Lipinski definition) is 1. The smallest absolute Gasteiger partial charge is 0.244 e. The Bertz CT molecular complexity index is 1130. The van der Waals surface area contributed by atoms with Gasteiger partial charge in [0, 0.05) is 53.5 Å². The highest BCUT2D eigenvalue weighted by Gasteiger charge is 2.20. The van der Waals surface area contributed by atoms with Crippen LogP contribution in [0, 0.1) is 6.92 Å². The summed E-state index contributed by atoms with van der Waals surface area (Å²) in [7, 11) is 1.66. The molecule has 0 radical (unpaired) electrons. The molecule has 0 fully saturated rings. The first kappa shape index (κ1) is 24.4. The molecule has 0 aliphatic carbocycles. The number of hydrogen-bond acceptors (Lipinski definition) is 5. The van der Waals surface area contributed by atoms with Crippen LogP contribution in [0.1, 0.15) is 38.3 Å². The lowest BCUT2D eigenvalue weighted by Gasteiger charge is -2.15. The number of aryl methyl sites for hydroxylation is 1. The summed E-state index contributed by atoms with van der Waals surface area (Å²) in [5, 5.41) is 3.87. The summed E-state index contributed by atoms with van der Waals surface area (Å²) in [5.74, 6) is 1.36. The van der Waals surface area contributed by atoms with E-state index in [1.165, 1.54) is 0 Å². The number of furan rings is 1. The van der Waals surface area contributed by atoms with E-state index < -0.39 is 0 Å². The molecule has 33 heavy (non-hydrogen) atoms. The molecule has 0 saturated carbocycles. The molecule has 0 unspecified atom stereocenters. The van der Waals surface area contributed by atoms with Gasteiger partial charge in [-0.1, -0.05) is 18.2 Å². The molecular weight excluding hydrogens is 418 g/mol. The molecule has 1 amide bonds. The van der Waals surface area contributed by atoms with Crippen molar-refractivity contribution >= 4 is 22.4 Å². The maximum absolute atomic E-state index is 12.5. The van der Waals surface area contributed by atoms with Crippen LogP contribution in [0.15, 0.2) is 47.1 Å². The molecule has 0 saturated heterocycles. The highest BCUT2D eigenvalue weighted by molar-refractivity contribution is 6.02. The number of amides is 1. The van der Waals surface area contributed by atoms with Gasteiger partial charge >= 0.3 is 0 Å². The number of allylic oxidation sites excluding steroid dienone is 1. The summed E-state index contributed by atoms with van der Waals surface area (Å²) in [6.45, 7) is 10.2. The third-order valence-electron chi connectivity index (χ3n) is 5.47. The van der Waals surface area contributed by atoms with E-state index >= 15 is 0 Å². The van der Waals surface area contributed by atoms with Crippen LogP contribution >= 0.6 is 0 Å². The van der Waals surface area contributed by atoms with E-state index in [1.807, 2.05) is 58.0 Å². The fourth-order valence-corrected chi connectivity index (χ4v) is 3.87. The normalized spacial score (nSPS) is 11.6. The van der Waals surface area contributed by atoms with Crippen LogP contribution in [0.4, 0.5) is 0 Å². The maximum Gasteiger partial charge on any atom is 0.244 e. The molecule has 0 atom stereocenters. The van der Waals surface area contributed by atoms with E-state index in [9.17, 15) is 4.79 Å². The highest BCUT2D eigenvalue weighted by Crippen LogP contribution is 2.42. The Morgan fingerprint density at radius 2 is 1.94 bits per heavy atom. The van der Waals surface area contributed by atoms with Crippen LogP contribution in [0.2, 0.25) is 0 Å². The van der Waals surface area contributed by atoms with E-state index in [2.05, 4.69) is 5.32 Å². The van der Waals surface area contributed by atoms with Crippen molar-refractivity contribution in [3.05, 3.63) is 53.8 Å². The average Bonchev–Trinajstić information content (AvgIpc) is 3.24. The van der Waals surface area contributed by atoms with E-state index in [1.54, 1.807) is 19.4 Å². The fourth-order valence-electron chi connectivity index (χ4n) is 3.87. The van der Waals surface area contributed by atoms with Crippen LogP contribution < -0.4 is 14.8 Å². The average molecular weight is 452 g/mol. The zero-order chi connectivity index (χ0) is 23.8. The minimum Gasteiger partial charge on any atom is -0.496 e. The van der Waals surface area contributed by atoms with Crippen molar-refractivity contribution in [3.63, 3.8) is 0 Å². The summed E-state index contributed by atoms with van der Waals surface area (Å²) in [4.78, 5) is 12.5. The standard InChI is InChI=1S/C27H33NO5/c1-6-31-14-10-13-28-25(29)15-18(3)21-16-22-23(20-11-8-9-12-24(20)30-5)17-33-27(22)19(4)26(21)32-7-2/h8-9,11-12,15-17H,6-7,10,13-14H2,1-5H3,(H,28,29)/b18-15+. The Hall–Kier alpha value is -3.25. The zero-order valence-electron chi connectivity index (χ0n) is 20.1. The lowest BCUT2D eigenvalue weighted by molar-refractivity contribution is -0.116. The topological polar surface area (TPSA) is 69.9 Å². The Morgan fingerprint density at radius 1 is 1.15 bits per heavy atom. The molecule has 0 bridgehead atoms. The van der Waals surface area contributed by atoms with E-state index in [-0.39, 0.29) is 5.91 Å². The van der Waals surface area contributed by atoms with Crippen LogP contribution in [-0.2, 0) is 9.53 Å². The number of methoxy groups -OCH3 is 1. The number of fused-ring (bicyclic) bond motifs is 1. The first-order chi connectivity index (χ1) is 16.0. The molecule has 1 N–H and O–H groups in total. The Kier molecular flexibility index (Phi) is 8.55. The van der Waals surface area contributed by atoms with Crippen molar-refractivity contribution in [1.29, 1.82) is 0 Å². The Balaban J connectivity index is 2.01. The first-order valence-electron chi connectivity index (χ1n) is 11.4. The van der Waals surface area contributed by atoms with Crippen molar-refractivity contribution < 1.29 is 23.4 Å². The monoisotopic (exact) mass is 451 g/mol. The number of carbonyl (C=O) groups excluding carboxylic acids is 1.